The average Bonchev–Trinajstić information content (AvgIpc) is 2.26. The molecule has 0 saturated heterocycles. The number of hydrogen-bond acceptors (Lipinski definition) is 2. The third-order valence-corrected chi connectivity index (χ3v) is 2.73. The molecule has 0 radical (unpaired) electrons. The van der Waals surface area contributed by atoms with Gasteiger partial charge in [0.05, 0.1) is 0 Å². The van der Waals surface area contributed by atoms with Gasteiger partial charge in [-0.05, 0) is 43.4 Å². The predicted octanol–water partition coefficient (Wildman–Crippen LogP) is 2.95. The molecule has 1 rings (SSSR count). The van der Waals surface area contributed by atoms with Gasteiger partial charge < -0.3 is 10.1 Å². The number of hydrogen-bond donors (Lipinski definition) is 1. The van der Waals surface area contributed by atoms with Crippen LogP contribution in [0.3, 0.4) is 0 Å². The fourth-order valence-electron chi connectivity index (χ4n) is 1.77. The highest BCUT2D eigenvalue weighted by Gasteiger charge is 2.01. The number of benzene rings is 1. The summed E-state index contributed by atoms with van der Waals surface area (Å²) in [7, 11) is 1.94. The van der Waals surface area contributed by atoms with E-state index in [-0.39, 0.29) is 0 Å². The van der Waals surface area contributed by atoms with Crippen LogP contribution in [0.4, 0.5) is 5.69 Å². The summed E-state index contributed by atoms with van der Waals surface area (Å²) in [5, 5.41) is 3.18. The van der Waals surface area contributed by atoms with Gasteiger partial charge in [0.25, 0.3) is 0 Å². The third-order valence-electron chi connectivity index (χ3n) is 2.73. The van der Waals surface area contributed by atoms with Crippen molar-refractivity contribution >= 4 is 12.0 Å². The van der Waals surface area contributed by atoms with Crippen molar-refractivity contribution < 1.29 is 4.79 Å². The molecule has 1 aromatic carbocycles. The fourth-order valence-corrected chi connectivity index (χ4v) is 1.77. The molecule has 0 unspecified atom stereocenters. The van der Waals surface area contributed by atoms with Crippen LogP contribution in [0.15, 0.2) is 18.2 Å². The summed E-state index contributed by atoms with van der Waals surface area (Å²) < 4.78 is 0. The Morgan fingerprint density at radius 1 is 1.33 bits per heavy atom. The molecule has 0 saturated carbocycles. The standard InChI is InChI=1S/C13H19NO/c1-11-12(7-4-3-5-10-15)8-6-9-13(11)14-2/h6,8-10,14H,3-5,7H2,1-2H3. The van der Waals surface area contributed by atoms with Crippen molar-refractivity contribution in [1.82, 2.24) is 0 Å². The lowest BCUT2D eigenvalue weighted by atomic mass is 10.0. The van der Waals surface area contributed by atoms with E-state index in [2.05, 4.69) is 30.4 Å². The minimum Gasteiger partial charge on any atom is -0.388 e. The Labute approximate surface area is 91.7 Å². The van der Waals surface area contributed by atoms with Crippen LogP contribution < -0.4 is 5.32 Å². The highest BCUT2D eigenvalue weighted by molar-refractivity contribution is 5.53. The first kappa shape index (κ1) is 11.8. The highest BCUT2D eigenvalue weighted by atomic mass is 16.1. The van der Waals surface area contributed by atoms with Gasteiger partial charge in [0.1, 0.15) is 6.29 Å². The average molecular weight is 205 g/mol. The van der Waals surface area contributed by atoms with Crippen LogP contribution in [-0.4, -0.2) is 13.3 Å². The number of aryl methyl sites for hydroxylation is 1. The number of nitrogens with one attached hydrogen (secondary N) is 1. The second-order valence-electron chi connectivity index (χ2n) is 3.75. The van der Waals surface area contributed by atoms with E-state index in [0.717, 1.165) is 25.5 Å². The summed E-state index contributed by atoms with van der Waals surface area (Å²) in [6, 6.07) is 6.33. The Morgan fingerprint density at radius 2 is 2.13 bits per heavy atom. The largest absolute Gasteiger partial charge is 0.388 e. The van der Waals surface area contributed by atoms with Crippen LogP contribution in [0.1, 0.15) is 30.4 Å². The first-order chi connectivity index (χ1) is 7.29. The van der Waals surface area contributed by atoms with Crippen molar-refractivity contribution in [2.45, 2.75) is 32.6 Å². The molecule has 0 heterocycles. The Bertz CT molecular complexity index is 320. The monoisotopic (exact) mass is 205 g/mol. The van der Waals surface area contributed by atoms with E-state index >= 15 is 0 Å². The smallest absolute Gasteiger partial charge is 0.119 e. The van der Waals surface area contributed by atoms with E-state index in [1.54, 1.807) is 0 Å². The molecule has 0 bridgehead atoms. The highest BCUT2D eigenvalue weighted by Crippen LogP contribution is 2.19. The van der Waals surface area contributed by atoms with Crippen LogP contribution in [-0.2, 0) is 11.2 Å². The topological polar surface area (TPSA) is 29.1 Å². The molecule has 82 valence electrons. The van der Waals surface area contributed by atoms with Gasteiger partial charge in [-0.15, -0.1) is 0 Å². The zero-order valence-corrected chi connectivity index (χ0v) is 9.55. The third kappa shape index (κ3) is 3.39. The van der Waals surface area contributed by atoms with Crippen molar-refractivity contribution in [3.63, 3.8) is 0 Å². The number of anilines is 1. The Morgan fingerprint density at radius 3 is 2.80 bits per heavy atom. The molecule has 15 heavy (non-hydrogen) atoms. The molecular formula is C13H19NO. The van der Waals surface area contributed by atoms with E-state index < -0.39 is 0 Å². The summed E-state index contributed by atoms with van der Waals surface area (Å²) in [6.45, 7) is 2.14. The first-order valence-electron chi connectivity index (χ1n) is 5.49. The summed E-state index contributed by atoms with van der Waals surface area (Å²) in [4.78, 5) is 10.2. The van der Waals surface area contributed by atoms with Gasteiger partial charge in [-0.3, -0.25) is 0 Å². The van der Waals surface area contributed by atoms with Crippen molar-refractivity contribution in [2.24, 2.45) is 0 Å². The second-order valence-corrected chi connectivity index (χ2v) is 3.75. The van der Waals surface area contributed by atoms with Gasteiger partial charge >= 0.3 is 0 Å². The molecule has 0 fully saturated rings. The number of carbonyl (C=O) groups excluding carboxylic acids is 1. The summed E-state index contributed by atoms with van der Waals surface area (Å²) in [5.74, 6) is 0. The molecule has 0 aliphatic carbocycles. The normalized spacial score (nSPS) is 10.0. The molecule has 1 N–H and O–H groups in total. The van der Waals surface area contributed by atoms with Gasteiger partial charge in [-0.1, -0.05) is 12.1 Å². The molecule has 0 spiro atoms. The van der Waals surface area contributed by atoms with E-state index in [0.29, 0.717) is 6.42 Å². The number of rotatable bonds is 6. The van der Waals surface area contributed by atoms with Crippen LogP contribution in [0.5, 0.6) is 0 Å². The van der Waals surface area contributed by atoms with E-state index in [1.165, 1.54) is 16.8 Å². The summed E-state index contributed by atoms with van der Waals surface area (Å²) in [6.07, 6.45) is 4.83. The molecule has 0 amide bonds. The van der Waals surface area contributed by atoms with Gasteiger partial charge in [-0.2, -0.15) is 0 Å². The molecule has 0 atom stereocenters. The van der Waals surface area contributed by atoms with Crippen molar-refractivity contribution in [2.75, 3.05) is 12.4 Å². The van der Waals surface area contributed by atoms with E-state index in [1.807, 2.05) is 7.05 Å². The van der Waals surface area contributed by atoms with Gasteiger partial charge in [0.15, 0.2) is 0 Å². The lowest BCUT2D eigenvalue weighted by molar-refractivity contribution is -0.107. The molecule has 2 nitrogen and oxygen atoms in total. The quantitative estimate of drug-likeness (QED) is 0.571. The maximum absolute atomic E-state index is 10.2. The van der Waals surface area contributed by atoms with Gasteiger partial charge in [0.2, 0.25) is 0 Å². The second kappa shape index (κ2) is 6.23. The number of carbonyl (C=O) groups is 1. The lowest BCUT2D eigenvalue weighted by Gasteiger charge is -2.10. The predicted molar refractivity (Wildman–Crippen MR) is 64.3 cm³/mol. The van der Waals surface area contributed by atoms with E-state index in [9.17, 15) is 4.79 Å². The maximum atomic E-state index is 10.2. The van der Waals surface area contributed by atoms with Crippen molar-refractivity contribution in [3.8, 4) is 0 Å². The minimum atomic E-state index is 0.685. The maximum Gasteiger partial charge on any atom is 0.119 e. The SMILES string of the molecule is CNc1cccc(CCCCC=O)c1C. The lowest BCUT2D eigenvalue weighted by Crippen LogP contribution is -1.96. The number of aldehydes is 1. The minimum absolute atomic E-state index is 0.685. The van der Waals surface area contributed by atoms with Crippen molar-refractivity contribution in [3.05, 3.63) is 29.3 Å². The Hall–Kier alpha value is -1.31. The Kier molecular flexibility index (Phi) is 4.88. The first-order valence-corrected chi connectivity index (χ1v) is 5.49. The Balaban J connectivity index is 2.56. The van der Waals surface area contributed by atoms with E-state index in [4.69, 9.17) is 0 Å². The van der Waals surface area contributed by atoms with Gasteiger partial charge in [-0.25, -0.2) is 0 Å². The zero-order chi connectivity index (χ0) is 11.1. The van der Waals surface area contributed by atoms with Gasteiger partial charge in [0, 0.05) is 19.2 Å². The van der Waals surface area contributed by atoms with Crippen LogP contribution >= 0.6 is 0 Å². The number of unbranched alkanes of at least 4 members (excludes halogenated alkanes) is 2. The van der Waals surface area contributed by atoms with Crippen LogP contribution in [0, 0.1) is 6.92 Å². The van der Waals surface area contributed by atoms with Crippen molar-refractivity contribution in [1.29, 1.82) is 0 Å². The molecule has 0 aliphatic heterocycles. The van der Waals surface area contributed by atoms with Crippen LogP contribution in [0.25, 0.3) is 0 Å². The summed E-state index contributed by atoms with van der Waals surface area (Å²) >= 11 is 0. The zero-order valence-electron chi connectivity index (χ0n) is 9.55. The molecular weight excluding hydrogens is 186 g/mol. The molecule has 1 aromatic rings. The fraction of sp³-hybridized carbons (Fsp3) is 0.462. The van der Waals surface area contributed by atoms with Crippen LogP contribution in [0.2, 0.25) is 0 Å². The molecule has 2 heteroatoms. The molecule has 0 aliphatic rings. The molecule has 0 aromatic heterocycles. The summed E-state index contributed by atoms with van der Waals surface area (Å²) in [5.41, 5.74) is 3.90.